The number of rotatable bonds is 7. The highest BCUT2D eigenvalue weighted by atomic mass is 16.6. The quantitative estimate of drug-likeness (QED) is 0.338. The van der Waals surface area contributed by atoms with E-state index in [-0.39, 0.29) is 12.2 Å². The monoisotopic (exact) mass is 338 g/mol. The molecule has 0 bridgehead atoms. The van der Waals surface area contributed by atoms with E-state index in [1.54, 1.807) is 6.92 Å². The molecule has 11 heteroatoms. The first kappa shape index (κ1) is 17.1. The molecule has 0 radical (unpaired) electrons. The van der Waals surface area contributed by atoms with Gasteiger partial charge in [-0.05, 0) is 12.5 Å². The molecule has 2 rings (SSSR count). The molecule has 3 amide bonds. The van der Waals surface area contributed by atoms with Crippen molar-refractivity contribution in [3.05, 3.63) is 28.0 Å². The molecule has 1 aromatic rings. The number of nitrogens with zero attached hydrogens (tertiary/aromatic N) is 4. The number of carbonyl (C=O) groups excluding carboxylic acids is 2. The molecule has 128 valence electrons. The highest BCUT2D eigenvalue weighted by Crippen LogP contribution is 2.19. The van der Waals surface area contributed by atoms with Gasteiger partial charge in [-0.25, -0.2) is 19.5 Å². The van der Waals surface area contributed by atoms with Crippen LogP contribution in [0.5, 0.6) is 0 Å². The summed E-state index contributed by atoms with van der Waals surface area (Å²) < 4.78 is 4.84. The van der Waals surface area contributed by atoms with Crippen LogP contribution in [0.2, 0.25) is 0 Å². The van der Waals surface area contributed by atoms with Gasteiger partial charge in [-0.1, -0.05) is 13.3 Å². The first-order valence-corrected chi connectivity index (χ1v) is 6.99. The van der Waals surface area contributed by atoms with Crippen molar-refractivity contribution in [2.45, 2.75) is 25.8 Å². The molecule has 1 N–H and O–H groups in total. The zero-order valence-electron chi connectivity index (χ0n) is 12.6. The summed E-state index contributed by atoms with van der Waals surface area (Å²) >= 11 is 0. The van der Waals surface area contributed by atoms with E-state index in [4.69, 9.17) is 9.52 Å². The number of furan rings is 1. The van der Waals surface area contributed by atoms with Gasteiger partial charge >= 0.3 is 17.9 Å². The van der Waals surface area contributed by atoms with E-state index in [2.05, 4.69) is 5.10 Å². The van der Waals surface area contributed by atoms with Gasteiger partial charge in [0, 0.05) is 0 Å². The maximum atomic E-state index is 12.2. The normalized spacial score (nSPS) is 16.2. The third-order valence-electron chi connectivity index (χ3n) is 3.26. The summed E-state index contributed by atoms with van der Waals surface area (Å²) in [5.74, 6) is -2.42. The van der Waals surface area contributed by atoms with Crippen molar-refractivity contribution < 1.29 is 28.8 Å². The molecule has 1 aromatic heterocycles. The van der Waals surface area contributed by atoms with Crippen LogP contribution in [0.25, 0.3) is 0 Å². The summed E-state index contributed by atoms with van der Waals surface area (Å²) in [4.78, 5) is 45.8. The lowest BCUT2D eigenvalue weighted by Crippen LogP contribution is -2.45. The Balaban J connectivity index is 2.14. The van der Waals surface area contributed by atoms with Crippen LogP contribution in [0.3, 0.4) is 0 Å². The van der Waals surface area contributed by atoms with Crippen LogP contribution in [0.15, 0.2) is 21.7 Å². The van der Waals surface area contributed by atoms with Crippen molar-refractivity contribution in [2.24, 2.45) is 5.10 Å². The van der Waals surface area contributed by atoms with Crippen molar-refractivity contribution in [3.63, 3.8) is 0 Å². The number of hydrogen-bond acceptors (Lipinski definition) is 7. The Labute approximate surface area is 135 Å². The van der Waals surface area contributed by atoms with Gasteiger partial charge in [0.15, 0.2) is 5.76 Å². The Bertz CT molecular complexity index is 711. The molecule has 1 saturated heterocycles. The van der Waals surface area contributed by atoms with E-state index in [1.807, 2.05) is 0 Å². The van der Waals surface area contributed by atoms with E-state index in [0.717, 1.165) is 17.3 Å². The standard InChI is InChI=1S/C13H14N4O7/c1-2-3-9(12(19)20)16-10(18)7-15(13(16)21)14-6-8-4-5-11(24-8)17(22)23/h4-6,9H,2-3,7H2,1H3,(H,19,20). The molecule has 1 aliphatic heterocycles. The second kappa shape index (κ2) is 6.89. The predicted molar refractivity (Wildman–Crippen MR) is 78.2 cm³/mol. The van der Waals surface area contributed by atoms with Crippen LogP contribution >= 0.6 is 0 Å². The van der Waals surface area contributed by atoms with Crippen molar-refractivity contribution in [1.82, 2.24) is 9.91 Å². The van der Waals surface area contributed by atoms with E-state index in [1.165, 1.54) is 6.07 Å². The van der Waals surface area contributed by atoms with Crippen LogP contribution in [-0.4, -0.2) is 56.6 Å². The molecule has 2 heterocycles. The number of nitro groups is 1. The highest BCUT2D eigenvalue weighted by molar-refractivity contribution is 6.05. The molecule has 1 unspecified atom stereocenters. The summed E-state index contributed by atoms with van der Waals surface area (Å²) in [5.41, 5.74) is 0. The number of urea groups is 1. The van der Waals surface area contributed by atoms with Crippen LogP contribution < -0.4 is 0 Å². The molecule has 0 aliphatic carbocycles. The average Bonchev–Trinajstić information content (AvgIpc) is 3.08. The lowest BCUT2D eigenvalue weighted by Gasteiger charge is -2.21. The molecule has 0 saturated carbocycles. The topological polar surface area (TPSA) is 147 Å². The van der Waals surface area contributed by atoms with Crippen LogP contribution in [0.1, 0.15) is 25.5 Å². The molecular weight excluding hydrogens is 324 g/mol. The Morgan fingerprint density at radius 2 is 2.25 bits per heavy atom. The van der Waals surface area contributed by atoms with Crippen LogP contribution in [0, 0.1) is 10.1 Å². The van der Waals surface area contributed by atoms with Gasteiger partial charge in [-0.15, -0.1) is 0 Å². The van der Waals surface area contributed by atoms with E-state index >= 15 is 0 Å². The van der Waals surface area contributed by atoms with Gasteiger partial charge in [0.05, 0.1) is 12.3 Å². The van der Waals surface area contributed by atoms with Gasteiger partial charge in [0.2, 0.25) is 0 Å². The fourth-order valence-corrected chi connectivity index (χ4v) is 2.17. The average molecular weight is 338 g/mol. The van der Waals surface area contributed by atoms with E-state index < -0.39 is 41.3 Å². The summed E-state index contributed by atoms with van der Waals surface area (Å²) in [7, 11) is 0. The Hall–Kier alpha value is -3.24. The third-order valence-corrected chi connectivity index (χ3v) is 3.26. The summed E-state index contributed by atoms with van der Waals surface area (Å²) in [6.45, 7) is 1.33. The lowest BCUT2D eigenvalue weighted by molar-refractivity contribution is -0.402. The lowest BCUT2D eigenvalue weighted by atomic mass is 10.1. The molecule has 1 aliphatic rings. The van der Waals surface area contributed by atoms with Crippen molar-refractivity contribution in [1.29, 1.82) is 0 Å². The maximum Gasteiger partial charge on any atom is 0.433 e. The fraction of sp³-hybridized carbons (Fsp3) is 0.385. The smallest absolute Gasteiger partial charge is 0.433 e. The molecule has 24 heavy (non-hydrogen) atoms. The summed E-state index contributed by atoms with van der Waals surface area (Å²) in [6.07, 6.45) is 1.65. The van der Waals surface area contributed by atoms with Crippen molar-refractivity contribution in [2.75, 3.05) is 6.54 Å². The Morgan fingerprint density at radius 3 is 2.79 bits per heavy atom. The first-order valence-electron chi connectivity index (χ1n) is 6.99. The van der Waals surface area contributed by atoms with Gasteiger partial charge < -0.3 is 9.52 Å². The van der Waals surface area contributed by atoms with Gasteiger partial charge in [0.25, 0.3) is 5.91 Å². The second-order valence-corrected chi connectivity index (χ2v) is 4.92. The minimum absolute atomic E-state index is 0.0174. The zero-order valence-corrected chi connectivity index (χ0v) is 12.6. The number of hydrazone groups is 1. The molecule has 1 atom stereocenters. The van der Waals surface area contributed by atoms with Crippen LogP contribution in [-0.2, 0) is 9.59 Å². The SMILES string of the molecule is CCCC(C(=O)O)N1C(=O)CN(N=Cc2ccc([N+](=O)[O-])o2)C1=O. The minimum Gasteiger partial charge on any atom is -0.480 e. The van der Waals surface area contributed by atoms with Crippen LogP contribution in [0.4, 0.5) is 10.7 Å². The number of carboxylic acids is 1. The van der Waals surface area contributed by atoms with E-state index in [0.29, 0.717) is 11.3 Å². The molecular formula is C13H14N4O7. The van der Waals surface area contributed by atoms with Crippen molar-refractivity contribution >= 4 is 30.0 Å². The molecule has 1 fully saturated rings. The number of carboxylic acid groups (broad SMARTS) is 1. The third kappa shape index (κ3) is 3.39. The number of hydrogen-bond donors (Lipinski definition) is 1. The number of carbonyl (C=O) groups is 3. The maximum absolute atomic E-state index is 12.2. The summed E-state index contributed by atoms with van der Waals surface area (Å²) in [6, 6.07) is 0.281. The minimum atomic E-state index is -1.27. The molecule has 0 aromatic carbocycles. The second-order valence-electron chi connectivity index (χ2n) is 4.92. The highest BCUT2D eigenvalue weighted by Gasteiger charge is 2.43. The number of amides is 3. The first-order chi connectivity index (χ1) is 11.3. The predicted octanol–water partition coefficient (Wildman–Crippen LogP) is 1.04. The largest absolute Gasteiger partial charge is 0.480 e. The Morgan fingerprint density at radius 1 is 1.54 bits per heavy atom. The van der Waals surface area contributed by atoms with Gasteiger partial charge in [0.1, 0.15) is 17.5 Å². The van der Waals surface area contributed by atoms with Gasteiger partial charge in [-0.2, -0.15) is 5.10 Å². The molecule has 0 spiro atoms. The van der Waals surface area contributed by atoms with Gasteiger partial charge in [-0.3, -0.25) is 14.9 Å². The zero-order chi connectivity index (χ0) is 17.9. The van der Waals surface area contributed by atoms with Crippen molar-refractivity contribution in [3.8, 4) is 0 Å². The summed E-state index contributed by atoms with van der Waals surface area (Å²) in [5, 5.41) is 24.2. The molecule has 11 nitrogen and oxygen atoms in total. The van der Waals surface area contributed by atoms with E-state index in [9.17, 15) is 24.5 Å². The number of imide groups is 1. The number of aliphatic carboxylic acids is 1. The Kier molecular flexibility index (Phi) is 4.92. The fourth-order valence-electron chi connectivity index (χ4n) is 2.17.